The fourth-order valence-corrected chi connectivity index (χ4v) is 3.11. The van der Waals surface area contributed by atoms with Crippen molar-refractivity contribution in [3.05, 3.63) is 54.1 Å². The third-order valence-corrected chi connectivity index (χ3v) is 4.61. The van der Waals surface area contributed by atoms with Crippen LogP contribution in [0.15, 0.2) is 48.5 Å². The van der Waals surface area contributed by atoms with Gasteiger partial charge in [-0.25, -0.2) is 0 Å². The Morgan fingerprint density at radius 1 is 0.885 bits per heavy atom. The number of ether oxygens (including phenoxy) is 1. The summed E-state index contributed by atoms with van der Waals surface area (Å²) in [7, 11) is 0. The van der Waals surface area contributed by atoms with Gasteiger partial charge in [-0.15, -0.1) is 0 Å². The average molecular weight is 354 g/mol. The number of benzene rings is 2. The molecule has 0 aliphatic rings. The van der Waals surface area contributed by atoms with E-state index in [1.807, 2.05) is 42.5 Å². The molecule has 0 unspecified atom stereocenters. The standard InChI is InChI=1S/C23H31NO2/c1-2-3-4-5-6-7-8-12-17-26-20-15-16-21(23(24)25)22(18-20)19-13-10-9-11-14-19/h9-11,13-16,18H,2-8,12,17H2,1H3,(H2,24,25). The molecule has 3 heteroatoms. The van der Waals surface area contributed by atoms with Crippen LogP contribution >= 0.6 is 0 Å². The van der Waals surface area contributed by atoms with E-state index in [1.165, 1.54) is 44.9 Å². The fourth-order valence-electron chi connectivity index (χ4n) is 3.11. The summed E-state index contributed by atoms with van der Waals surface area (Å²) in [5, 5.41) is 0. The first-order valence-corrected chi connectivity index (χ1v) is 9.84. The van der Waals surface area contributed by atoms with Crippen molar-refractivity contribution in [2.45, 2.75) is 58.3 Å². The highest BCUT2D eigenvalue weighted by atomic mass is 16.5. The van der Waals surface area contributed by atoms with E-state index in [4.69, 9.17) is 10.5 Å². The number of primary amides is 1. The van der Waals surface area contributed by atoms with Crippen molar-refractivity contribution in [1.29, 1.82) is 0 Å². The van der Waals surface area contributed by atoms with Gasteiger partial charge in [-0.05, 0) is 35.7 Å². The van der Waals surface area contributed by atoms with Crippen molar-refractivity contribution in [2.24, 2.45) is 5.73 Å². The van der Waals surface area contributed by atoms with Crippen LogP contribution in [-0.4, -0.2) is 12.5 Å². The molecule has 2 N–H and O–H groups in total. The second kappa shape index (κ2) is 11.3. The maximum atomic E-state index is 11.7. The molecule has 0 spiro atoms. The first-order chi connectivity index (χ1) is 12.7. The highest BCUT2D eigenvalue weighted by Gasteiger charge is 2.11. The Balaban J connectivity index is 1.84. The third-order valence-electron chi connectivity index (χ3n) is 4.61. The molecule has 2 aromatic carbocycles. The summed E-state index contributed by atoms with van der Waals surface area (Å²) in [4.78, 5) is 11.7. The van der Waals surface area contributed by atoms with Gasteiger partial charge in [0.05, 0.1) is 6.61 Å². The van der Waals surface area contributed by atoms with Crippen LogP contribution in [0.25, 0.3) is 11.1 Å². The predicted octanol–water partition coefficient (Wildman–Crippen LogP) is 5.97. The molecule has 26 heavy (non-hydrogen) atoms. The summed E-state index contributed by atoms with van der Waals surface area (Å²) in [5.74, 6) is 0.371. The molecule has 0 aliphatic heterocycles. The summed E-state index contributed by atoms with van der Waals surface area (Å²) in [5.41, 5.74) is 7.84. The van der Waals surface area contributed by atoms with E-state index in [0.717, 1.165) is 23.3 Å². The van der Waals surface area contributed by atoms with Gasteiger partial charge in [-0.3, -0.25) is 4.79 Å². The fraction of sp³-hybridized carbons (Fsp3) is 0.435. The highest BCUT2D eigenvalue weighted by molar-refractivity contribution is 6.00. The van der Waals surface area contributed by atoms with Gasteiger partial charge in [0, 0.05) is 5.56 Å². The van der Waals surface area contributed by atoms with E-state index in [9.17, 15) is 4.79 Å². The number of hydrogen-bond acceptors (Lipinski definition) is 2. The molecule has 0 radical (unpaired) electrons. The van der Waals surface area contributed by atoms with Crippen LogP contribution < -0.4 is 10.5 Å². The van der Waals surface area contributed by atoms with E-state index < -0.39 is 5.91 Å². The molecule has 2 aromatic rings. The van der Waals surface area contributed by atoms with Crippen LogP contribution in [0.4, 0.5) is 0 Å². The van der Waals surface area contributed by atoms with Crippen molar-refractivity contribution in [2.75, 3.05) is 6.61 Å². The van der Waals surface area contributed by atoms with Crippen LogP contribution in [0.2, 0.25) is 0 Å². The van der Waals surface area contributed by atoms with Gasteiger partial charge >= 0.3 is 0 Å². The SMILES string of the molecule is CCCCCCCCCCOc1ccc(C(N)=O)c(-c2ccccc2)c1. The molecule has 0 fully saturated rings. The summed E-state index contributed by atoms with van der Waals surface area (Å²) in [6, 6.07) is 15.3. The Labute approximate surface area is 157 Å². The molecule has 140 valence electrons. The maximum absolute atomic E-state index is 11.7. The molecule has 0 heterocycles. The predicted molar refractivity (Wildman–Crippen MR) is 109 cm³/mol. The first-order valence-electron chi connectivity index (χ1n) is 9.84. The van der Waals surface area contributed by atoms with Gasteiger partial charge in [-0.1, -0.05) is 82.2 Å². The molecule has 2 rings (SSSR count). The lowest BCUT2D eigenvalue weighted by Gasteiger charge is -2.11. The number of nitrogens with two attached hydrogens (primary N) is 1. The van der Waals surface area contributed by atoms with Gasteiger partial charge in [0.1, 0.15) is 5.75 Å². The van der Waals surface area contributed by atoms with Crippen LogP contribution in [-0.2, 0) is 0 Å². The summed E-state index contributed by atoms with van der Waals surface area (Å²) < 4.78 is 5.90. The van der Waals surface area contributed by atoms with Crippen LogP contribution in [0.3, 0.4) is 0 Å². The highest BCUT2D eigenvalue weighted by Crippen LogP contribution is 2.28. The van der Waals surface area contributed by atoms with E-state index in [2.05, 4.69) is 6.92 Å². The van der Waals surface area contributed by atoms with Crippen molar-refractivity contribution < 1.29 is 9.53 Å². The smallest absolute Gasteiger partial charge is 0.249 e. The van der Waals surface area contributed by atoms with E-state index >= 15 is 0 Å². The normalized spacial score (nSPS) is 10.7. The molecule has 0 bridgehead atoms. The van der Waals surface area contributed by atoms with Crippen molar-refractivity contribution >= 4 is 5.91 Å². The molecule has 0 saturated carbocycles. The molecule has 3 nitrogen and oxygen atoms in total. The first kappa shape index (κ1) is 20.0. The Kier molecular flexibility index (Phi) is 8.74. The van der Waals surface area contributed by atoms with E-state index in [-0.39, 0.29) is 0 Å². The summed E-state index contributed by atoms with van der Waals surface area (Å²) >= 11 is 0. The number of rotatable bonds is 12. The molecular weight excluding hydrogens is 322 g/mol. The lowest BCUT2D eigenvalue weighted by atomic mass is 9.99. The van der Waals surface area contributed by atoms with Gasteiger partial charge in [-0.2, -0.15) is 0 Å². The summed E-state index contributed by atoms with van der Waals surface area (Å²) in [6.07, 6.45) is 10.2. The Bertz CT molecular complexity index is 667. The molecular formula is C23H31NO2. The number of carbonyl (C=O) groups excluding carboxylic acids is 1. The number of carbonyl (C=O) groups is 1. The Hall–Kier alpha value is -2.29. The third kappa shape index (κ3) is 6.55. The zero-order valence-electron chi connectivity index (χ0n) is 15.9. The molecule has 0 atom stereocenters. The lowest BCUT2D eigenvalue weighted by molar-refractivity contribution is 0.100. The lowest BCUT2D eigenvalue weighted by Crippen LogP contribution is -2.12. The monoisotopic (exact) mass is 353 g/mol. The molecule has 1 amide bonds. The molecule has 0 aromatic heterocycles. The van der Waals surface area contributed by atoms with Gasteiger partial charge in [0.2, 0.25) is 5.91 Å². The van der Waals surface area contributed by atoms with E-state index in [1.54, 1.807) is 6.07 Å². The van der Waals surface area contributed by atoms with E-state index in [0.29, 0.717) is 12.2 Å². The minimum atomic E-state index is -0.418. The average Bonchev–Trinajstić information content (AvgIpc) is 2.67. The zero-order chi connectivity index (χ0) is 18.6. The zero-order valence-corrected chi connectivity index (χ0v) is 15.9. The Morgan fingerprint density at radius 3 is 2.19 bits per heavy atom. The quantitative estimate of drug-likeness (QED) is 0.478. The minimum absolute atomic E-state index is 0.418. The molecule has 0 saturated heterocycles. The second-order valence-corrected chi connectivity index (χ2v) is 6.76. The maximum Gasteiger partial charge on any atom is 0.249 e. The molecule has 0 aliphatic carbocycles. The van der Waals surface area contributed by atoms with Crippen LogP contribution in [0.1, 0.15) is 68.6 Å². The van der Waals surface area contributed by atoms with Crippen LogP contribution in [0.5, 0.6) is 5.75 Å². The van der Waals surface area contributed by atoms with Crippen LogP contribution in [0, 0.1) is 0 Å². The minimum Gasteiger partial charge on any atom is -0.494 e. The second-order valence-electron chi connectivity index (χ2n) is 6.76. The van der Waals surface area contributed by atoms with Gasteiger partial charge in [0.25, 0.3) is 0 Å². The number of amides is 1. The largest absolute Gasteiger partial charge is 0.494 e. The van der Waals surface area contributed by atoms with Crippen molar-refractivity contribution in [1.82, 2.24) is 0 Å². The van der Waals surface area contributed by atoms with Gasteiger partial charge in [0.15, 0.2) is 0 Å². The number of unbranched alkanes of at least 4 members (excludes halogenated alkanes) is 7. The van der Waals surface area contributed by atoms with Crippen molar-refractivity contribution in [3.63, 3.8) is 0 Å². The van der Waals surface area contributed by atoms with Crippen molar-refractivity contribution in [3.8, 4) is 16.9 Å². The summed E-state index contributed by atoms with van der Waals surface area (Å²) in [6.45, 7) is 2.95. The topological polar surface area (TPSA) is 52.3 Å². The Morgan fingerprint density at radius 2 is 1.54 bits per heavy atom. The van der Waals surface area contributed by atoms with Gasteiger partial charge < -0.3 is 10.5 Å². The number of hydrogen-bond donors (Lipinski definition) is 1.